The van der Waals surface area contributed by atoms with Crippen LogP contribution in [0, 0.1) is 5.92 Å². The first-order valence-electron chi connectivity index (χ1n) is 8.34. The van der Waals surface area contributed by atoms with Crippen LogP contribution in [0.25, 0.3) is 0 Å². The molecule has 1 fully saturated rings. The second kappa shape index (κ2) is 7.13. The van der Waals surface area contributed by atoms with Gasteiger partial charge in [-0.15, -0.1) is 0 Å². The highest BCUT2D eigenvalue weighted by Gasteiger charge is 2.30. The molecule has 2 amide bonds. The molecule has 2 heterocycles. The van der Waals surface area contributed by atoms with Gasteiger partial charge in [-0.2, -0.15) is 0 Å². The van der Waals surface area contributed by atoms with Crippen molar-refractivity contribution >= 4 is 11.8 Å². The molecule has 2 atom stereocenters. The minimum Gasteiger partial charge on any atom is -0.381 e. The zero-order valence-electron chi connectivity index (χ0n) is 13.6. The van der Waals surface area contributed by atoms with E-state index in [0.717, 1.165) is 31.6 Å². The van der Waals surface area contributed by atoms with Gasteiger partial charge in [0, 0.05) is 32.5 Å². The fourth-order valence-electron chi connectivity index (χ4n) is 3.50. The molecule has 2 aliphatic rings. The Bertz CT molecular complexity index is 581. The van der Waals surface area contributed by atoms with Crippen molar-refractivity contribution in [2.45, 2.75) is 32.2 Å². The Labute approximate surface area is 137 Å². The summed E-state index contributed by atoms with van der Waals surface area (Å²) < 4.78 is 5.33. The Hall–Kier alpha value is -1.88. The van der Waals surface area contributed by atoms with Crippen molar-refractivity contribution < 1.29 is 14.3 Å². The third-order valence-electron chi connectivity index (χ3n) is 4.81. The van der Waals surface area contributed by atoms with Crippen LogP contribution < -0.4 is 5.32 Å². The molecule has 0 spiro atoms. The van der Waals surface area contributed by atoms with Crippen molar-refractivity contribution in [3.8, 4) is 0 Å². The van der Waals surface area contributed by atoms with Crippen LogP contribution in [0.5, 0.6) is 0 Å². The summed E-state index contributed by atoms with van der Waals surface area (Å²) in [4.78, 5) is 26.1. The van der Waals surface area contributed by atoms with E-state index in [1.165, 1.54) is 5.56 Å². The molecule has 0 bridgehead atoms. The number of rotatable bonds is 4. The van der Waals surface area contributed by atoms with Crippen LogP contribution in [0.2, 0.25) is 0 Å². The SMILES string of the molecule is CC(=O)N1CCc2ccccc2[C@@H]1CC(=O)NC[C@H]1CCOC1. The summed E-state index contributed by atoms with van der Waals surface area (Å²) in [6.07, 6.45) is 2.18. The molecular formula is C18H24N2O3. The van der Waals surface area contributed by atoms with Gasteiger partial charge in [0.1, 0.15) is 0 Å². The molecule has 0 radical (unpaired) electrons. The first-order chi connectivity index (χ1) is 11.1. The summed E-state index contributed by atoms with van der Waals surface area (Å²) in [6.45, 7) is 4.43. The average molecular weight is 316 g/mol. The number of amides is 2. The number of hydrogen-bond donors (Lipinski definition) is 1. The minimum atomic E-state index is -0.155. The second-order valence-electron chi connectivity index (χ2n) is 6.41. The van der Waals surface area contributed by atoms with Crippen molar-refractivity contribution in [3.05, 3.63) is 35.4 Å². The first-order valence-corrected chi connectivity index (χ1v) is 8.34. The maximum atomic E-state index is 12.4. The normalized spacial score (nSPS) is 23.4. The van der Waals surface area contributed by atoms with E-state index in [9.17, 15) is 9.59 Å². The number of nitrogens with zero attached hydrogens (tertiary/aromatic N) is 1. The first kappa shape index (κ1) is 16.0. The fourth-order valence-corrected chi connectivity index (χ4v) is 3.50. The Morgan fingerprint density at radius 2 is 2.17 bits per heavy atom. The van der Waals surface area contributed by atoms with E-state index >= 15 is 0 Å². The number of carbonyl (C=O) groups is 2. The number of fused-ring (bicyclic) bond motifs is 1. The summed E-state index contributed by atoms with van der Waals surface area (Å²) in [6, 6.07) is 7.96. The second-order valence-corrected chi connectivity index (χ2v) is 6.41. The van der Waals surface area contributed by atoms with Gasteiger partial charge in [0.2, 0.25) is 11.8 Å². The molecule has 0 aromatic heterocycles. The van der Waals surface area contributed by atoms with Crippen LogP contribution >= 0.6 is 0 Å². The predicted molar refractivity (Wildman–Crippen MR) is 86.8 cm³/mol. The van der Waals surface area contributed by atoms with Gasteiger partial charge in [0.25, 0.3) is 0 Å². The predicted octanol–water partition coefficient (Wildman–Crippen LogP) is 1.68. The number of ether oxygens (including phenoxy) is 1. The standard InChI is InChI=1S/C18H24N2O3/c1-13(21)20-8-6-15-4-2-3-5-16(15)17(20)10-18(22)19-11-14-7-9-23-12-14/h2-5,14,17H,6-12H2,1H3,(H,19,22)/t14-,17+/m1/s1. The van der Waals surface area contributed by atoms with Crippen molar-refractivity contribution in [1.82, 2.24) is 10.2 Å². The summed E-state index contributed by atoms with van der Waals surface area (Å²) in [5.74, 6) is 0.452. The third kappa shape index (κ3) is 3.72. The molecule has 5 heteroatoms. The van der Waals surface area contributed by atoms with Gasteiger partial charge in [0.05, 0.1) is 19.1 Å². The lowest BCUT2D eigenvalue weighted by atomic mass is 9.90. The van der Waals surface area contributed by atoms with Crippen LogP contribution in [-0.2, 0) is 20.7 Å². The Balaban J connectivity index is 1.67. The lowest BCUT2D eigenvalue weighted by Crippen LogP contribution is -2.41. The van der Waals surface area contributed by atoms with E-state index in [2.05, 4.69) is 11.4 Å². The highest BCUT2D eigenvalue weighted by atomic mass is 16.5. The fraction of sp³-hybridized carbons (Fsp3) is 0.556. The van der Waals surface area contributed by atoms with Gasteiger partial charge in [0.15, 0.2) is 0 Å². The molecular weight excluding hydrogens is 292 g/mol. The van der Waals surface area contributed by atoms with Gasteiger partial charge in [-0.25, -0.2) is 0 Å². The zero-order chi connectivity index (χ0) is 16.2. The number of carbonyl (C=O) groups excluding carboxylic acids is 2. The molecule has 1 saturated heterocycles. The third-order valence-corrected chi connectivity index (χ3v) is 4.81. The van der Waals surface area contributed by atoms with Crippen LogP contribution in [0.3, 0.4) is 0 Å². The summed E-state index contributed by atoms with van der Waals surface area (Å²) in [7, 11) is 0. The van der Waals surface area contributed by atoms with Gasteiger partial charge >= 0.3 is 0 Å². The monoisotopic (exact) mass is 316 g/mol. The molecule has 3 rings (SSSR count). The molecule has 1 aromatic carbocycles. The summed E-state index contributed by atoms with van der Waals surface area (Å²) in [5, 5.41) is 3.01. The lowest BCUT2D eigenvalue weighted by Gasteiger charge is -2.36. The molecule has 23 heavy (non-hydrogen) atoms. The van der Waals surface area contributed by atoms with E-state index in [1.807, 2.05) is 23.1 Å². The van der Waals surface area contributed by atoms with E-state index in [1.54, 1.807) is 6.92 Å². The van der Waals surface area contributed by atoms with Crippen LogP contribution in [-0.4, -0.2) is 43.0 Å². The Morgan fingerprint density at radius 1 is 1.35 bits per heavy atom. The zero-order valence-corrected chi connectivity index (χ0v) is 13.6. The van der Waals surface area contributed by atoms with Crippen LogP contribution in [0.4, 0.5) is 0 Å². The van der Waals surface area contributed by atoms with Gasteiger partial charge in [-0.3, -0.25) is 9.59 Å². The van der Waals surface area contributed by atoms with Gasteiger partial charge in [-0.1, -0.05) is 24.3 Å². The molecule has 0 aliphatic carbocycles. The molecule has 2 aliphatic heterocycles. The van der Waals surface area contributed by atoms with Crippen LogP contribution in [0.15, 0.2) is 24.3 Å². The highest BCUT2D eigenvalue weighted by molar-refractivity contribution is 5.79. The topological polar surface area (TPSA) is 58.6 Å². The number of nitrogens with one attached hydrogen (secondary N) is 1. The minimum absolute atomic E-state index is 0.00449. The highest BCUT2D eigenvalue weighted by Crippen LogP contribution is 2.32. The lowest BCUT2D eigenvalue weighted by molar-refractivity contribution is -0.133. The van der Waals surface area contributed by atoms with Crippen molar-refractivity contribution in [3.63, 3.8) is 0 Å². The van der Waals surface area contributed by atoms with E-state index in [-0.39, 0.29) is 17.9 Å². The van der Waals surface area contributed by atoms with Crippen LogP contribution in [0.1, 0.15) is 36.9 Å². The Morgan fingerprint density at radius 3 is 2.91 bits per heavy atom. The van der Waals surface area contributed by atoms with E-state index in [4.69, 9.17) is 4.74 Å². The van der Waals surface area contributed by atoms with Gasteiger partial charge in [-0.05, 0) is 24.0 Å². The van der Waals surface area contributed by atoms with Crippen molar-refractivity contribution in [2.75, 3.05) is 26.3 Å². The number of hydrogen-bond acceptors (Lipinski definition) is 3. The molecule has 5 nitrogen and oxygen atoms in total. The summed E-state index contributed by atoms with van der Waals surface area (Å²) in [5.41, 5.74) is 2.35. The van der Waals surface area contributed by atoms with Crippen molar-refractivity contribution in [1.29, 1.82) is 0 Å². The van der Waals surface area contributed by atoms with Crippen molar-refractivity contribution in [2.24, 2.45) is 5.92 Å². The maximum absolute atomic E-state index is 12.4. The van der Waals surface area contributed by atoms with E-state index in [0.29, 0.717) is 25.4 Å². The number of benzene rings is 1. The van der Waals surface area contributed by atoms with E-state index < -0.39 is 0 Å². The molecule has 1 aromatic rings. The molecule has 124 valence electrons. The quantitative estimate of drug-likeness (QED) is 0.919. The molecule has 1 N–H and O–H groups in total. The largest absolute Gasteiger partial charge is 0.381 e. The smallest absolute Gasteiger partial charge is 0.222 e. The summed E-state index contributed by atoms with van der Waals surface area (Å²) >= 11 is 0. The average Bonchev–Trinajstić information content (AvgIpc) is 3.06. The molecule has 0 unspecified atom stereocenters. The Kier molecular flexibility index (Phi) is 4.96. The van der Waals surface area contributed by atoms with Gasteiger partial charge < -0.3 is 15.0 Å². The molecule has 0 saturated carbocycles. The maximum Gasteiger partial charge on any atom is 0.222 e.